The Morgan fingerprint density at radius 3 is 2.62 bits per heavy atom. The first-order valence-electron chi connectivity index (χ1n) is 7.49. The first-order chi connectivity index (χ1) is 10.1. The molecule has 3 rings (SSSR count). The van der Waals surface area contributed by atoms with E-state index in [2.05, 4.69) is 6.07 Å². The zero-order valence-electron chi connectivity index (χ0n) is 12.5. The highest BCUT2D eigenvalue weighted by molar-refractivity contribution is 7.14. The minimum absolute atomic E-state index is 0.144. The Bertz CT molecular complexity index is 676. The van der Waals surface area contributed by atoms with Crippen LogP contribution in [0.2, 0.25) is 5.02 Å². The van der Waals surface area contributed by atoms with Gasteiger partial charge in [-0.05, 0) is 74.4 Å². The molecule has 0 saturated heterocycles. The van der Waals surface area contributed by atoms with Gasteiger partial charge >= 0.3 is 0 Å². The van der Waals surface area contributed by atoms with Crippen LogP contribution in [0.4, 0.5) is 0 Å². The second-order valence-corrected chi connectivity index (χ2v) is 7.41. The number of aryl methyl sites for hydroxylation is 4. The standard InChI is InChI=1S/C18H19ClOS/c1-11-9-15(19)12(2)8-14(11)18(20)17-10-13-6-4-3-5-7-16(13)21-17/h8-10H,3-7H2,1-2H3. The van der Waals surface area contributed by atoms with Gasteiger partial charge in [0.15, 0.2) is 0 Å². The third-order valence-corrected chi connectivity index (χ3v) is 5.86. The van der Waals surface area contributed by atoms with Crippen LogP contribution in [0.1, 0.15) is 56.1 Å². The van der Waals surface area contributed by atoms with Gasteiger partial charge in [-0.3, -0.25) is 4.79 Å². The Balaban J connectivity index is 1.97. The average Bonchev–Trinajstić information content (AvgIpc) is 2.73. The number of thiophene rings is 1. The molecule has 0 spiro atoms. The van der Waals surface area contributed by atoms with E-state index in [-0.39, 0.29) is 5.78 Å². The number of halogens is 1. The van der Waals surface area contributed by atoms with Crippen molar-refractivity contribution >= 4 is 28.7 Å². The molecule has 1 aromatic heterocycles. The van der Waals surface area contributed by atoms with Crippen LogP contribution >= 0.6 is 22.9 Å². The second kappa shape index (κ2) is 5.94. The molecule has 3 heteroatoms. The average molecular weight is 319 g/mol. The molecule has 0 unspecified atom stereocenters. The number of benzene rings is 1. The van der Waals surface area contributed by atoms with Gasteiger partial charge in [0.1, 0.15) is 0 Å². The summed E-state index contributed by atoms with van der Waals surface area (Å²) >= 11 is 7.82. The highest BCUT2D eigenvalue weighted by Gasteiger charge is 2.19. The first kappa shape index (κ1) is 14.8. The summed E-state index contributed by atoms with van der Waals surface area (Å²) in [6.45, 7) is 3.90. The van der Waals surface area contributed by atoms with E-state index >= 15 is 0 Å². The van der Waals surface area contributed by atoms with Crippen LogP contribution in [-0.2, 0) is 12.8 Å². The van der Waals surface area contributed by atoms with Crippen LogP contribution < -0.4 is 0 Å². The maximum absolute atomic E-state index is 12.8. The number of hydrogen-bond acceptors (Lipinski definition) is 2. The molecule has 1 aliphatic carbocycles. The minimum atomic E-state index is 0.144. The quantitative estimate of drug-likeness (QED) is 0.526. The molecule has 0 aliphatic heterocycles. The van der Waals surface area contributed by atoms with Gasteiger partial charge < -0.3 is 0 Å². The third-order valence-electron chi connectivity index (χ3n) is 4.22. The normalized spacial score (nSPS) is 14.6. The van der Waals surface area contributed by atoms with Crippen molar-refractivity contribution in [3.8, 4) is 0 Å². The molecule has 0 atom stereocenters. The van der Waals surface area contributed by atoms with E-state index in [4.69, 9.17) is 11.6 Å². The largest absolute Gasteiger partial charge is 0.288 e. The number of rotatable bonds is 2. The Labute approximate surface area is 135 Å². The van der Waals surface area contributed by atoms with Crippen molar-refractivity contribution in [1.29, 1.82) is 0 Å². The lowest BCUT2D eigenvalue weighted by Gasteiger charge is -2.07. The summed E-state index contributed by atoms with van der Waals surface area (Å²) < 4.78 is 0. The molecule has 1 aromatic carbocycles. The van der Waals surface area contributed by atoms with Gasteiger partial charge in [-0.1, -0.05) is 18.0 Å². The Kier molecular flexibility index (Phi) is 4.19. The van der Waals surface area contributed by atoms with E-state index in [0.717, 1.165) is 39.4 Å². The molecule has 0 radical (unpaired) electrons. The van der Waals surface area contributed by atoms with Crippen molar-refractivity contribution in [2.24, 2.45) is 0 Å². The maximum Gasteiger partial charge on any atom is 0.203 e. The lowest BCUT2D eigenvalue weighted by molar-refractivity contribution is 0.104. The molecule has 0 amide bonds. The van der Waals surface area contributed by atoms with Gasteiger partial charge in [-0.25, -0.2) is 0 Å². The minimum Gasteiger partial charge on any atom is -0.288 e. The molecular formula is C18H19ClOS. The summed E-state index contributed by atoms with van der Waals surface area (Å²) in [5.74, 6) is 0.144. The number of fused-ring (bicyclic) bond motifs is 1. The molecule has 0 bridgehead atoms. The Morgan fingerprint density at radius 1 is 1.05 bits per heavy atom. The summed E-state index contributed by atoms with van der Waals surface area (Å²) in [5.41, 5.74) is 4.10. The van der Waals surface area contributed by atoms with Crippen molar-refractivity contribution in [2.45, 2.75) is 46.0 Å². The zero-order valence-corrected chi connectivity index (χ0v) is 14.0. The number of hydrogen-bond donors (Lipinski definition) is 0. The van der Waals surface area contributed by atoms with E-state index < -0.39 is 0 Å². The Morgan fingerprint density at radius 2 is 1.81 bits per heavy atom. The topological polar surface area (TPSA) is 17.1 Å². The van der Waals surface area contributed by atoms with Crippen molar-refractivity contribution in [2.75, 3.05) is 0 Å². The molecule has 110 valence electrons. The summed E-state index contributed by atoms with van der Waals surface area (Å²) in [5, 5.41) is 0.728. The lowest BCUT2D eigenvalue weighted by atomic mass is 10.0. The summed E-state index contributed by atoms with van der Waals surface area (Å²) in [4.78, 5) is 15.1. The van der Waals surface area contributed by atoms with Crippen LogP contribution in [0, 0.1) is 13.8 Å². The number of carbonyl (C=O) groups excluding carboxylic acids is 1. The predicted molar refractivity (Wildman–Crippen MR) is 89.9 cm³/mol. The smallest absolute Gasteiger partial charge is 0.203 e. The fourth-order valence-corrected chi connectivity index (χ4v) is 4.36. The van der Waals surface area contributed by atoms with Gasteiger partial charge in [0.2, 0.25) is 5.78 Å². The van der Waals surface area contributed by atoms with E-state index in [0.29, 0.717) is 0 Å². The van der Waals surface area contributed by atoms with E-state index in [9.17, 15) is 4.79 Å². The van der Waals surface area contributed by atoms with E-state index in [1.807, 2.05) is 26.0 Å². The number of ketones is 1. The monoisotopic (exact) mass is 318 g/mol. The maximum atomic E-state index is 12.8. The van der Waals surface area contributed by atoms with Gasteiger partial charge in [-0.15, -0.1) is 11.3 Å². The van der Waals surface area contributed by atoms with E-state index in [1.54, 1.807) is 11.3 Å². The highest BCUT2D eigenvalue weighted by atomic mass is 35.5. The van der Waals surface area contributed by atoms with Crippen molar-refractivity contribution in [3.05, 3.63) is 55.2 Å². The molecular weight excluding hydrogens is 300 g/mol. The summed E-state index contributed by atoms with van der Waals surface area (Å²) in [6.07, 6.45) is 6.06. The van der Waals surface area contributed by atoms with Gasteiger partial charge in [0.25, 0.3) is 0 Å². The van der Waals surface area contributed by atoms with Gasteiger partial charge in [-0.2, -0.15) is 0 Å². The highest BCUT2D eigenvalue weighted by Crippen LogP contribution is 2.31. The molecule has 2 aromatic rings. The lowest BCUT2D eigenvalue weighted by Crippen LogP contribution is -2.02. The second-order valence-electron chi connectivity index (χ2n) is 5.87. The molecule has 0 fully saturated rings. The van der Waals surface area contributed by atoms with Crippen molar-refractivity contribution < 1.29 is 4.79 Å². The SMILES string of the molecule is Cc1cc(C(=O)c2cc3c(s2)CCCCC3)c(C)cc1Cl. The van der Waals surface area contributed by atoms with Gasteiger partial charge in [0, 0.05) is 15.5 Å². The van der Waals surface area contributed by atoms with Crippen LogP contribution in [0.15, 0.2) is 18.2 Å². The first-order valence-corrected chi connectivity index (χ1v) is 8.68. The Hall–Kier alpha value is -1.12. The molecule has 0 N–H and O–H groups in total. The van der Waals surface area contributed by atoms with Gasteiger partial charge in [0.05, 0.1) is 4.88 Å². The third kappa shape index (κ3) is 2.93. The number of carbonyl (C=O) groups is 1. The van der Waals surface area contributed by atoms with Crippen molar-refractivity contribution in [1.82, 2.24) is 0 Å². The predicted octanol–water partition coefficient (Wildman–Crippen LogP) is 5.52. The summed E-state index contributed by atoms with van der Waals surface area (Å²) in [6, 6.07) is 5.94. The summed E-state index contributed by atoms with van der Waals surface area (Å²) in [7, 11) is 0. The van der Waals surface area contributed by atoms with Crippen LogP contribution in [0.5, 0.6) is 0 Å². The van der Waals surface area contributed by atoms with Crippen LogP contribution in [0.25, 0.3) is 0 Å². The molecule has 0 saturated carbocycles. The molecule has 1 heterocycles. The molecule has 1 aliphatic rings. The van der Waals surface area contributed by atoms with Crippen molar-refractivity contribution in [3.63, 3.8) is 0 Å². The zero-order chi connectivity index (χ0) is 15.0. The fourth-order valence-electron chi connectivity index (χ4n) is 2.94. The molecule has 1 nitrogen and oxygen atoms in total. The van der Waals surface area contributed by atoms with Crippen LogP contribution in [-0.4, -0.2) is 5.78 Å². The molecule has 21 heavy (non-hydrogen) atoms. The van der Waals surface area contributed by atoms with Crippen LogP contribution in [0.3, 0.4) is 0 Å². The fraction of sp³-hybridized carbons (Fsp3) is 0.389. The van der Waals surface area contributed by atoms with E-state index in [1.165, 1.54) is 29.7 Å².